The van der Waals surface area contributed by atoms with E-state index in [-0.39, 0.29) is 37.3 Å². The van der Waals surface area contributed by atoms with Crippen molar-refractivity contribution in [2.45, 2.75) is 38.6 Å². The second-order valence-corrected chi connectivity index (χ2v) is 5.90. The van der Waals surface area contributed by atoms with Crippen molar-refractivity contribution < 1.29 is 23.8 Å². The predicted molar refractivity (Wildman–Crippen MR) is 82.7 cm³/mol. The average molecular weight is 323 g/mol. The normalized spacial score (nSPS) is 15.0. The summed E-state index contributed by atoms with van der Waals surface area (Å²) in [5.41, 5.74) is 0. The number of para-hydroxylation sites is 1. The van der Waals surface area contributed by atoms with Gasteiger partial charge in [0.1, 0.15) is 0 Å². The van der Waals surface area contributed by atoms with Crippen molar-refractivity contribution in [3.05, 3.63) is 30.1 Å². The molecule has 1 fully saturated rings. The number of carbonyl (C=O) groups is 2. The first kappa shape index (κ1) is 17.2. The average Bonchev–Trinajstić information content (AvgIpc) is 3.34. The van der Waals surface area contributed by atoms with E-state index < -0.39 is 17.7 Å². The van der Waals surface area contributed by atoms with Crippen molar-refractivity contribution >= 4 is 11.9 Å². The third kappa shape index (κ3) is 5.23. The van der Waals surface area contributed by atoms with Crippen molar-refractivity contribution in [1.82, 2.24) is 4.90 Å². The van der Waals surface area contributed by atoms with Crippen molar-refractivity contribution in [1.29, 1.82) is 0 Å². The standard InChI is InChI=1S/C17H22FNO4/c1-12(17(21)22)11-19(13-8-9-13)16(20)7-4-10-23-15-6-3-2-5-14(15)18/h2-3,5-6,12-13H,4,7-11H2,1H3,(H,21,22). The molecule has 126 valence electrons. The number of hydrogen-bond acceptors (Lipinski definition) is 3. The van der Waals surface area contributed by atoms with Crippen LogP contribution in [0.2, 0.25) is 0 Å². The maximum Gasteiger partial charge on any atom is 0.308 e. The molecule has 1 unspecified atom stereocenters. The van der Waals surface area contributed by atoms with E-state index in [4.69, 9.17) is 9.84 Å². The first-order chi connectivity index (χ1) is 11.0. The number of carbonyl (C=O) groups excluding carboxylic acids is 1. The SMILES string of the molecule is CC(CN(C(=O)CCCOc1ccccc1F)C1CC1)C(=O)O. The molecule has 23 heavy (non-hydrogen) atoms. The number of rotatable bonds is 9. The maximum absolute atomic E-state index is 13.4. The molecule has 0 saturated heterocycles. The van der Waals surface area contributed by atoms with Crippen LogP contribution in [0.1, 0.15) is 32.6 Å². The molecule has 1 amide bonds. The number of benzene rings is 1. The molecule has 0 radical (unpaired) electrons. The summed E-state index contributed by atoms with van der Waals surface area (Å²) >= 11 is 0. The van der Waals surface area contributed by atoms with Gasteiger partial charge in [-0.3, -0.25) is 9.59 Å². The Kier molecular flexibility index (Phi) is 5.96. The van der Waals surface area contributed by atoms with E-state index in [1.165, 1.54) is 6.07 Å². The van der Waals surface area contributed by atoms with Crippen LogP contribution in [0.3, 0.4) is 0 Å². The van der Waals surface area contributed by atoms with Gasteiger partial charge in [0.25, 0.3) is 0 Å². The van der Waals surface area contributed by atoms with Crippen LogP contribution in [-0.4, -0.2) is 41.1 Å². The fourth-order valence-corrected chi connectivity index (χ4v) is 2.32. The molecule has 0 bridgehead atoms. The van der Waals surface area contributed by atoms with E-state index >= 15 is 0 Å². The first-order valence-electron chi connectivity index (χ1n) is 7.88. The van der Waals surface area contributed by atoms with Crippen LogP contribution in [0, 0.1) is 11.7 Å². The Morgan fingerprint density at radius 2 is 2.09 bits per heavy atom. The van der Waals surface area contributed by atoms with Crippen molar-refractivity contribution in [3.8, 4) is 5.75 Å². The van der Waals surface area contributed by atoms with Gasteiger partial charge in [-0.2, -0.15) is 0 Å². The summed E-state index contributed by atoms with van der Waals surface area (Å²) < 4.78 is 18.7. The number of aliphatic carboxylic acids is 1. The van der Waals surface area contributed by atoms with Gasteiger partial charge in [-0.25, -0.2) is 4.39 Å². The predicted octanol–water partition coefficient (Wildman–Crippen LogP) is 2.70. The molecular weight excluding hydrogens is 301 g/mol. The van der Waals surface area contributed by atoms with Crippen LogP contribution >= 0.6 is 0 Å². The molecule has 1 aromatic rings. The Bertz CT molecular complexity index is 559. The van der Waals surface area contributed by atoms with Crippen molar-refractivity contribution in [2.24, 2.45) is 5.92 Å². The monoisotopic (exact) mass is 323 g/mol. The number of nitrogens with zero attached hydrogens (tertiary/aromatic N) is 1. The lowest BCUT2D eigenvalue weighted by Gasteiger charge is -2.24. The number of hydrogen-bond donors (Lipinski definition) is 1. The highest BCUT2D eigenvalue weighted by molar-refractivity contribution is 5.78. The molecule has 0 spiro atoms. The summed E-state index contributed by atoms with van der Waals surface area (Å²) in [5, 5.41) is 8.99. The zero-order valence-electron chi connectivity index (χ0n) is 13.2. The highest BCUT2D eigenvalue weighted by Gasteiger charge is 2.34. The lowest BCUT2D eigenvalue weighted by atomic mass is 10.1. The van der Waals surface area contributed by atoms with Gasteiger partial charge < -0.3 is 14.7 Å². The van der Waals surface area contributed by atoms with Gasteiger partial charge in [0.15, 0.2) is 11.6 Å². The highest BCUT2D eigenvalue weighted by atomic mass is 19.1. The molecule has 5 nitrogen and oxygen atoms in total. The van der Waals surface area contributed by atoms with Crippen molar-refractivity contribution in [2.75, 3.05) is 13.2 Å². The van der Waals surface area contributed by atoms with Gasteiger partial charge in [-0.15, -0.1) is 0 Å². The van der Waals surface area contributed by atoms with E-state index in [2.05, 4.69) is 0 Å². The Hall–Kier alpha value is -2.11. The molecule has 2 rings (SSSR count). The molecule has 6 heteroatoms. The molecule has 0 aromatic heterocycles. The Morgan fingerprint density at radius 3 is 2.70 bits per heavy atom. The van der Waals surface area contributed by atoms with Crippen LogP contribution in [0.15, 0.2) is 24.3 Å². The third-order valence-electron chi connectivity index (χ3n) is 3.83. The summed E-state index contributed by atoms with van der Waals surface area (Å²) in [7, 11) is 0. The molecule has 0 heterocycles. The summed E-state index contributed by atoms with van der Waals surface area (Å²) in [4.78, 5) is 24.9. The van der Waals surface area contributed by atoms with Gasteiger partial charge >= 0.3 is 5.97 Å². The quantitative estimate of drug-likeness (QED) is 0.710. The maximum atomic E-state index is 13.4. The number of ether oxygens (including phenoxy) is 1. The van der Waals surface area contributed by atoms with Crippen LogP contribution in [0.4, 0.5) is 4.39 Å². The molecule has 1 N–H and O–H groups in total. The molecular formula is C17H22FNO4. The zero-order valence-corrected chi connectivity index (χ0v) is 13.2. The Labute approximate surface area is 135 Å². The smallest absolute Gasteiger partial charge is 0.308 e. The van der Waals surface area contributed by atoms with Gasteiger partial charge in [0.05, 0.1) is 12.5 Å². The minimum atomic E-state index is -0.897. The number of carboxylic acid groups (broad SMARTS) is 1. The summed E-state index contributed by atoms with van der Waals surface area (Å²) in [6.45, 7) is 2.10. The van der Waals surface area contributed by atoms with E-state index in [0.717, 1.165) is 12.8 Å². The second kappa shape index (κ2) is 7.94. The molecule has 1 aromatic carbocycles. The summed E-state index contributed by atoms with van der Waals surface area (Å²) in [6, 6.07) is 6.32. The van der Waals surface area contributed by atoms with Gasteiger partial charge in [0.2, 0.25) is 5.91 Å². The number of halogens is 1. The minimum Gasteiger partial charge on any atom is -0.491 e. The summed E-state index contributed by atoms with van der Waals surface area (Å²) in [6.07, 6.45) is 2.61. The van der Waals surface area contributed by atoms with Crippen LogP contribution in [0.25, 0.3) is 0 Å². The fourth-order valence-electron chi connectivity index (χ4n) is 2.32. The van der Waals surface area contributed by atoms with Gasteiger partial charge in [-0.1, -0.05) is 19.1 Å². The lowest BCUT2D eigenvalue weighted by molar-refractivity contribution is -0.143. The van der Waals surface area contributed by atoms with E-state index in [0.29, 0.717) is 6.42 Å². The topological polar surface area (TPSA) is 66.8 Å². The van der Waals surface area contributed by atoms with Crippen LogP contribution < -0.4 is 4.74 Å². The molecule has 0 aliphatic heterocycles. The Balaban J connectivity index is 1.76. The van der Waals surface area contributed by atoms with Crippen LogP contribution in [-0.2, 0) is 9.59 Å². The molecule has 1 atom stereocenters. The van der Waals surface area contributed by atoms with Gasteiger partial charge in [0, 0.05) is 19.0 Å². The van der Waals surface area contributed by atoms with E-state index in [1.54, 1.807) is 30.0 Å². The summed E-state index contributed by atoms with van der Waals surface area (Å²) in [5.74, 6) is -1.77. The highest BCUT2D eigenvalue weighted by Crippen LogP contribution is 2.28. The largest absolute Gasteiger partial charge is 0.491 e. The first-order valence-corrected chi connectivity index (χ1v) is 7.88. The molecule has 1 aliphatic rings. The Morgan fingerprint density at radius 1 is 1.39 bits per heavy atom. The molecule has 1 saturated carbocycles. The van der Waals surface area contributed by atoms with E-state index in [9.17, 15) is 14.0 Å². The minimum absolute atomic E-state index is 0.0577. The lowest BCUT2D eigenvalue weighted by Crippen LogP contribution is -2.38. The molecule has 1 aliphatic carbocycles. The van der Waals surface area contributed by atoms with Gasteiger partial charge in [-0.05, 0) is 31.4 Å². The fraction of sp³-hybridized carbons (Fsp3) is 0.529. The van der Waals surface area contributed by atoms with E-state index in [1.807, 2.05) is 0 Å². The number of amides is 1. The number of carboxylic acids is 1. The second-order valence-electron chi connectivity index (χ2n) is 5.90. The third-order valence-corrected chi connectivity index (χ3v) is 3.83. The van der Waals surface area contributed by atoms with Crippen LogP contribution in [0.5, 0.6) is 5.75 Å². The van der Waals surface area contributed by atoms with Crippen molar-refractivity contribution in [3.63, 3.8) is 0 Å². The zero-order chi connectivity index (χ0) is 16.8.